The summed E-state index contributed by atoms with van der Waals surface area (Å²) in [6, 6.07) is -0.660. The van der Waals surface area contributed by atoms with E-state index < -0.39 is 28.8 Å². The number of hydrogen-bond acceptors (Lipinski definition) is 7. The monoisotopic (exact) mass is 450 g/mol. The number of nitrogens with zero attached hydrogens (tertiary/aromatic N) is 3. The number of thiazole rings is 1. The van der Waals surface area contributed by atoms with Crippen LogP contribution in [0.15, 0.2) is 14.8 Å². The van der Waals surface area contributed by atoms with Crippen molar-refractivity contribution in [3.05, 3.63) is 33.7 Å². The second-order valence-electron chi connectivity index (χ2n) is 8.72. The third-order valence-corrected chi connectivity index (χ3v) is 8.48. The first-order valence-electron chi connectivity index (χ1n) is 9.97. The maximum atomic E-state index is 12.6. The van der Waals surface area contributed by atoms with Crippen molar-refractivity contribution in [1.82, 2.24) is 9.97 Å². The number of anilines is 1. The van der Waals surface area contributed by atoms with Gasteiger partial charge in [0.1, 0.15) is 14.8 Å². The van der Waals surface area contributed by atoms with Crippen molar-refractivity contribution in [2.75, 3.05) is 11.9 Å². The second-order valence-corrected chi connectivity index (χ2v) is 11.3. The van der Waals surface area contributed by atoms with Gasteiger partial charge in [-0.2, -0.15) is 0 Å². The minimum Gasteiger partial charge on any atom is -0.393 e. The Morgan fingerprint density at radius 3 is 2.87 bits per heavy atom. The van der Waals surface area contributed by atoms with Crippen LogP contribution in [0.3, 0.4) is 0 Å². The Morgan fingerprint density at radius 1 is 1.37 bits per heavy atom. The zero-order valence-electron chi connectivity index (χ0n) is 17.2. The quantitative estimate of drug-likeness (QED) is 0.531. The van der Waals surface area contributed by atoms with Crippen LogP contribution in [0.2, 0.25) is 0 Å². The van der Waals surface area contributed by atoms with Gasteiger partial charge in [0.2, 0.25) is 0 Å². The molecule has 2 amide bonds. The fraction of sp³-hybridized carbons (Fsp3) is 0.550. The molecule has 0 fully saturated rings. The number of aromatic nitrogens is 2. The van der Waals surface area contributed by atoms with Crippen molar-refractivity contribution in [3.8, 4) is 0 Å². The third kappa shape index (κ3) is 3.77. The van der Waals surface area contributed by atoms with Crippen LogP contribution in [-0.4, -0.2) is 37.0 Å². The van der Waals surface area contributed by atoms with Crippen LogP contribution in [0.5, 0.6) is 0 Å². The lowest BCUT2D eigenvalue weighted by Gasteiger charge is -2.20. The van der Waals surface area contributed by atoms with Gasteiger partial charge in [-0.15, -0.1) is 15.7 Å². The second kappa shape index (κ2) is 7.67. The van der Waals surface area contributed by atoms with E-state index in [1.165, 1.54) is 13.1 Å². The highest BCUT2D eigenvalue weighted by atomic mass is 32.2. The van der Waals surface area contributed by atoms with Crippen LogP contribution in [-0.2, 0) is 40.9 Å². The van der Waals surface area contributed by atoms with Gasteiger partial charge in [-0.05, 0) is 50.2 Å². The highest BCUT2D eigenvalue weighted by molar-refractivity contribution is 7.78. The van der Waals surface area contributed by atoms with Gasteiger partial charge in [-0.1, -0.05) is 13.8 Å². The van der Waals surface area contributed by atoms with E-state index in [9.17, 15) is 19.2 Å². The topological polar surface area (TPSA) is 125 Å². The van der Waals surface area contributed by atoms with E-state index in [4.69, 9.17) is 4.98 Å². The average Bonchev–Trinajstić information content (AvgIpc) is 3.41. The Hall–Kier alpha value is -1.88. The summed E-state index contributed by atoms with van der Waals surface area (Å²) in [7, 11) is -2.36. The zero-order valence-corrected chi connectivity index (χ0v) is 18.9. The number of nitrogens with one attached hydrogen (secondary N) is 1. The Kier molecular flexibility index (Phi) is 5.46. The van der Waals surface area contributed by atoms with Crippen molar-refractivity contribution < 1.29 is 19.2 Å². The number of thiol groups is 1. The maximum Gasteiger partial charge on any atom is 0.353 e. The van der Waals surface area contributed by atoms with Crippen LogP contribution >= 0.6 is 11.3 Å². The fourth-order valence-corrected chi connectivity index (χ4v) is 5.93. The predicted molar refractivity (Wildman–Crippen MR) is 116 cm³/mol. The Bertz CT molecular complexity index is 1100. The van der Waals surface area contributed by atoms with Crippen LogP contribution in [0, 0.1) is 0 Å². The molecule has 30 heavy (non-hydrogen) atoms. The molecule has 10 heteroatoms. The van der Waals surface area contributed by atoms with E-state index >= 15 is 0 Å². The average molecular weight is 451 g/mol. The molecule has 0 spiro atoms. The van der Waals surface area contributed by atoms with Gasteiger partial charge in [0.15, 0.2) is 0 Å². The fourth-order valence-electron chi connectivity index (χ4n) is 4.07. The van der Waals surface area contributed by atoms with Gasteiger partial charge in [0.05, 0.1) is 34.8 Å². The van der Waals surface area contributed by atoms with Crippen molar-refractivity contribution in [2.24, 2.45) is 4.36 Å². The summed E-state index contributed by atoms with van der Waals surface area (Å²) in [5.41, 5.74) is 3.47. The van der Waals surface area contributed by atoms with E-state index in [1.54, 1.807) is 0 Å². The Morgan fingerprint density at radius 2 is 2.13 bits per heavy atom. The van der Waals surface area contributed by atoms with Gasteiger partial charge in [-0.3, -0.25) is 4.98 Å². The zero-order chi connectivity index (χ0) is 21.7. The van der Waals surface area contributed by atoms with Crippen molar-refractivity contribution in [3.63, 3.8) is 0 Å². The molecule has 2 aromatic heterocycles. The summed E-state index contributed by atoms with van der Waals surface area (Å²) < 4.78 is 16.7. The molecule has 8 nitrogen and oxygen atoms in total. The first-order valence-corrected chi connectivity index (χ1v) is 12.0. The molecule has 4 rings (SSSR count). The molecular formula is C20H26N4O4S2. The van der Waals surface area contributed by atoms with E-state index in [0.717, 1.165) is 71.6 Å². The van der Waals surface area contributed by atoms with Gasteiger partial charge in [0, 0.05) is 11.1 Å². The van der Waals surface area contributed by atoms with Crippen LogP contribution in [0.25, 0.3) is 0 Å². The number of carbonyl (C=O) groups is 1. The number of rotatable bonds is 4. The summed E-state index contributed by atoms with van der Waals surface area (Å²) in [6.45, 7) is 5.24. The summed E-state index contributed by atoms with van der Waals surface area (Å²) in [4.78, 5) is 21.5. The number of urea groups is 1. The minimum atomic E-state index is -2.36. The lowest BCUT2D eigenvalue weighted by atomic mass is 9.90. The van der Waals surface area contributed by atoms with Gasteiger partial charge >= 0.3 is 6.03 Å². The molecule has 0 saturated carbocycles. The number of amides is 2. The van der Waals surface area contributed by atoms with Gasteiger partial charge in [-0.25, -0.2) is 14.0 Å². The normalized spacial score (nSPS) is 19.9. The summed E-state index contributed by atoms with van der Waals surface area (Å²) in [6.07, 6.45) is 5.92. The number of carbonyl (C=O) groups excluding carboxylic acids is 1. The predicted octanol–water partition coefficient (Wildman–Crippen LogP) is 2.71. The Balaban J connectivity index is 1.62. The van der Waals surface area contributed by atoms with Crippen LogP contribution < -0.4 is 5.32 Å². The number of pyridine rings is 1. The number of aliphatic hydroxyl groups excluding tert-OH is 1. The molecule has 3 N–H and O–H groups in total. The largest absolute Gasteiger partial charge is 0.393 e. The van der Waals surface area contributed by atoms with Crippen LogP contribution in [0.1, 0.15) is 61.1 Å². The van der Waals surface area contributed by atoms with Gasteiger partial charge < -0.3 is 15.5 Å². The molecule has 0 bridgehead atoms. The number of aliphatic hydroxyl groups is 2. The number of aryl methyl sites for hydroxylation is 1. The lowest BCUT2D eigenvalue weighted by Crippen LogP contribution is -2.25. The molecule has 0 radical (unpaired) electrons. The van der Waals surface area contributed by atoms with E-state index in [-0.39, 0.29) is 14.6 Å². The maximum absolute atomic E-state index is 12.6. The summed E-state index contributed by atoms with van der Waals surface area (Å²) in [5.74, 6) is 0. The molecule has 2 aliphatic rings. The number of hydrogen-bond donors (Lipinski definition) is 4. The molecule has 162 valence electrons. The standard InChI is InChI=1S/C20H26N4O4S2/c1-19(2)8-7-12-15(11-5-4-6-13(11)22-16(12)19)23-18(26)24-30(28)14-9-21-17(29-14)20(3,27)10-25/h9,25,27,30H,4-8,10H2,1-3H3,(H,22,23,26). The van der Waals surface area contributed by atoms with Crippen molar-refractivity contribution in [2.45, 2.75) is 68.1 Å². The van der Waals surface area contributed by atoms with Crippen molar-refractivity contribution >= 4 is 33.7 Å². The molecule has 2 heterocycles. The molecule has 0 aliphatic heterocycles. The minimum absolute atomic E-state index is 0.0303. The SMILES string of the molecule is CC1(C)CCc2c1nc1c(c2NC(=O)/N=[SH](=O)/c2cnc(C(C)(O)CO)s2)CCC1. The van der Waals surface area contributed by atoms with Gasteiger partial charge in [0.25, 0.3) is 0 Å². The first kappa shape index (κ1) is 21.4. The molecule has 0 saturated heterocycles. The number of fused-ring (bicyclic) bond motifs is 2. The third-order valence-electron chi connectivity index (χ3n) is 5.83. The van der Waals surface area contributed by atoms with E-state index in [2.05, 4.69) is 28.5 Å². The summed E-state index contributed by atoms with van der Waals surface area (Å²) >= 11 is 0.972. The highest BCUT2D eigenvalue weighted by Crippen LogP contribution is 2.44. The Labute approximate surface area is 181 Å². The molecule has 2 aromatic rings. The molecule has 2 aliphatic carbocycles. The summed E-state index contributed by atoms with van der Waals surface area (Å²) in [5, 5.41) is 22.4. The first-order chi connectivity index (χ1) is 14.1. The lowest BCUT2D eigenvalue weighted by molar-refractivity contribution is -0.00244. The van der Waals surface area contributed by atoms with E-state index in [1.807, 2.05) is 0 Å². The molecule has 2 atom stereocenters. The molecule has 2 unspecified atom stereocenters. The molecular weight excluding hydrogens is 424 g/mol. The van der Waals surface area contributed by atoms with Crippen molar-refractivity contribution in [1.29, 1.82) is 0 Å². The van der Waals surface area contributed by atoms with Crippen LogP contribution in [0.4, 0.5) is 10.5 Å². The highest BCUT2D eigenvalue weighted by Gasteiger charge is 2.36. The molecule has 0 aromatic carbocycles. The van der Waals surface area contributed by atoms with E-state index in [0.29, 0.717) is 0 Å². The smallest absolute Gasteiger partial charge is 0.353 e.